The average molecular weight is 353 g/mol. The van der Waals surface area contributed by atoms with E-state index in [0.29, 0.717) is 23.0 Å². The number of hydrogen-bond acceptors (Lipinski definition) is 2. The fourth-order valence-electron chi connectivity index (χ4n) is 8.21. The van der Waals surface area contributed by atoms with Crippen LogP contribution in [0, 0.1) is 46.3 Å². The second-order valence-electron chi connectivity index (χ2n) is 9.80. The van der Waals surface area contributed by atoms with Gasteiger partial charge in [-0.3, -0.25) is 4.79 Å². The molecule has 0 bridgehead atoms. The van der Waals surface area contributed by atoms with Crippen LogP contribution in [0.1, 0.15) is 52.4 Å². The summed E-state index contributed by atoms with van der Waals surface area (Å²) < 4.78 is 0. The van der Waals surface area contributed by atoms with Crippen LogP contribution in [0.3, 0.4) is 0 Å². The maximum absolute atomic E-state index is 11.9. The molecule has 0 aromatic rings. The Kier molecular flexibility index (Phi) is 3.71. The molecule has 0 spiro atoms. The number of hydrogen-bond donors (Lipinski definition) is 1. The van der Waals surface area contributed by atoms with Crippen molar-refractivity contribution in [2.75, 3.05) is 6.61 Å². The summed E-state index contributed by atoms with van der Waals surface area (Å²) in [5, 5.41) is 9.40. The maximum Gasteiger partial charge on any atom is 0.155 e. The second-order valence-corrected chi connectivity index (χ2v) is 9.80. The van der Waals surface area contributed by atoms with Gasteiger partial charge >= 0.3 is 0 Å². The van der Waals surface area contributed by atoms with Crippen LogP contribution >= 0.6 is 0 Å². The van der Waals surface area contributed by atoms with Crippen molar-refractivity contribution in [1.82, 2.24) is 0 Å². The smallest absolute Gasteiger partial charge is 0.155 e. The number of allylic oxidation sites excluding steroid dienone is 5. The van der Waals surface area contributed by atoms with Crippen molar-refractivity contribution in [1.29, 1.82) is 0 Å². The van der Waals surface area contributed by atoms with Crippen molar-refractivity contribution in [3.05, 3.63) is 36.0 Å². The second kappa shape index (κ2) is 5.67. The number of carbonyl (C=O) groups excluding carboxylic acids is 1. The minimum absolute atomic E-state index is 0.160. The molecule has 8 atom stereocenters. The minimum Gasteiger partial charge on any atom is -0.392 e. The molecule has 0 amide bonds. The Morgan fingerprint density at radius 2 is 2.15 bits per heavy atom. The van der Waals surface area contributed by atoms with Gasteiger partial charge in [-0.1, -0.05) is 38.2 Å². The zero-order valence-corrected chi connectivity index (χ0v) is 16.2. The van der Waals surface area contributed by atoms with Gasteiger partial charge in [0.1, 0.15) is 0 Å². The molecule has 140 valence electrons. The highest BCUT2D eigenvalue weighted by molar-refractivity contribution is 5.91. The quantitative estimate of drug-likeness (QED) is 0.747. The van der Waals surface area contributed by atoms with Crippen LogP contribution in [-0.4, -0.2) is 17.5 Å². The highest BCUT2D eigenvalue weighted by Gasteiger charge is 2.73. The Balaban J connectivity index is 1.55. The number of aliphatic hydroxyl groups excluding tert-OH is 1. The minimum atomic E-state index is 0.160. The Hall–Kier alpha value is -1.15. The first-order valence-electron chi connectivity index (χ1n) is 10.8. The van der Waals surface area contributed by atoms with Gasteiger partial charge in [0.05, 0.1) is 6.61 Å². The van der Waals surface area contributed by atoms with Crippen LogP contribution < -0.4 is 0 Å². The van der Waals surface area contributed by atoms with E-state index < -0.39 is 0 Å². The van der Waals surface area contributed by atoms with Crippen molar-refractivity contribution in [2.45, 2.75) is 52.4 Å². The normalized spacial score (nSPS) is 51.5. The fourth-order valence-corrected chi connectivity index (χ4v) is 8.21. The van der Waals surface area contributed by atoms with Gasteiger partial charge in [-0.05, 0) is 90.1 Å². The summed E-state index contributed by atoms with van der Waals surface area (Å²) in [5.74, 6) is 4.86. The summed E-state index contributed by atoms with van der Waals surface area (Å²) in [5.41, 5.74) is 1.96. The predicted octanol–water partition coefficient (Wildman–Crippen LogP) is 4.71. The van der Waals surface area contributed by atoms with Crippen LogP contribution in [0.2, 0.25) is 0 Å². The van der Waals surface area contributed by atoms with Crippen molar-refractivity contribution >= 4 is 5.78 Å². The molecule has 26 heavy (non-hydrogen) atoms. The molecule has 0 aromatic heterocycles. The van der Waals surface area contributed by atoms with Gasteiger partial charge in [-0.15, -0.1) is 0 Å². The fraction of sp³-hybridized carbons (Fsp3) is 0.708. The first-order valence-corrected chi connectivity index (χ1v) is 10.8. The van der Waals surface area contributed by atoms with Crippen LogP contribution in [0.5, 0.6) is 0 Å². The molecule has 1 N–H and O–H groups in total. The lowest BCUT2D eigenvalue weighted by Crippen LogP contribution is -2.51. The summed E-state index contributed by atoms with van der Waals surface area (Å²) in [6.07, 6.45) is 18.2. The molecular formula is C24H32O2. The monoisotopic (exact) mass is 352 g/mol. The molecule has 0 heterocycles. The highest BCUT2D eigenvalue weighted by atomic mass is 16.2. The van der Waals surface area contributed by atoms with Gasteiger partial charge < -0.3 is 5.11 Å². The highest BCUT2D eigenvalue weighted by Crippen LogP contribution is 2.79. The summed E-state index contributed by atoms with van der Waals surface area (Å²) >= 11 is 0. The third kappa shape index (κ3) is 2.00. The lowest BCUT2D eigenvalue weighted by atomic mass is 9.47. The first-order chi connectivity index (χ1) is 12.6. The van der Waals surface area contributed by atoms with Gasteiger partial charge in [0.15, 0.2) is 5.78 Å². The number of fused-ring (bicyclic) bond motifs is 7. The molecular weight excluding hydrogens is 320 g/mol. The maximum atomic E-state index is 11.9. The number of rotatable bonds is 3. The molecule has 5 aliphatic rings. The van der Waals surface area contributed by atoms with E-state index in [1.54, 1.807) is 0 Å². The molecule has 3 saturated carbocycles. The van der Waals surface area contributed by atoms with E-state index in [-0.39, 0.29) is 12.0 Å². The Morgan fingerprint density at radius 1 is 1.31 bits per heavy atom. The zero-order chi connectivity index (χ0) is 18.1. The van der Waals surface area contributed by atoms with Crippen LogP contribution in [0.15, 0.2) is 36.0 Å². The zero-order valence-electron chi connectivity index (χ0n) is 16.2. The van der Waals surface area contributed by atoms with Gasteiger partial charge in [0.25, 0.3) is 0 Å². The molecule has 0 saturated heterocycles. The van der Waals surface area contributed by atoms with Crippen LogP contribution in [0.4, 0.5) is 0 Å². The molecule has 6 unspecified atom stereocenters. The van der Waals surface area contributed by atoms with Crippen LogP contribution in [-0.2, 0) is 4.79 Å². The Morgan fingerprint density at radius 3 is 2.92 bits per heavy atom. The SMILES string of the molecule is CCC12CCC3C4CCC(=O)C=C4C=CC3C1[C@@H]1C[C@@H]1C2(C)/C=C\CO. The van der Waals surface area contributed by atoms with Crippen LogP contribution in [0.25, 0.3) is 0 Å². The standard InChI is InChI=1S/C24H32O2/c1-3-24-11-9-18-17-8-6-16(26)13-15(17)5-7-19(18)22(24)20-14-21(20)23(24,2)10-4-12-25/h4-5,7,10,13,17-22,25H,3,6,8-9,11-12,14H2,1-2H3/b10-4-/t17?,18?,19?,20-,21+,22?,23?,24?/m1/s1. The molecule has 3 fully saturated rings. The molecule has 5 rings (SSSR count). The molecule has 2 nitrogen and oxygen atoms in total. The molecule has 0 radical (unpaired) electrons. The van der Waals surface area contributed by atoms with Gasteiger partial charge in [0.2, 0.25) is 0 Å². The van der Waals surface area contributed by atoms with E-state index >= 15 is 0 Å². The Bertz CT molecular complexity index is 716. The van der Waals surface area contributed by atoms with E-state index in [4.69, 9.17) is 0 Å². The first kappa shape index (κ1) is 17.0. The molecule has 0 aliphatic heterocycles. The van der Waals surface area contributed by atoms with E-state index in [9.17, 15) is 9.90 Å². The molecule has 0 aromatic carbocycles. The molecule has 5 aliphatic carbocycles. The van der Waals surface area contributed by atoms with Gasteiger partial charge in [-0.25, -0.2) is 0 Å². The van der Waals surface area contributed by atoms with E-state index in [1.807, 2.05) is 12.2 Å². The summed E-state index contributed by atoms with van der Waals surface area (Å²) in [6.45, 7) is 5.05. The van der Waals surface area contributed by atoms with Crippen molar-refractivity contribution in [3.8, 4) is 0 Å². The summed E-state index contributed by atoms with van der Waals surface area (Å²) in [7, 11) is 0. The summed E-state index contributed by atoms with van der Waals surface area (Å²) in [6, 6.07) is 0. The van der Waals surface area contributed by atoms with Gasteiger partial charge in [-0.2, -0.15) is 0 Å². The van der Waals surface area contributed by atoms with E-state index in [0.717, 1.165) is 36.5 Å². The number of carbonyl (C=O) groups is 1. The predicted molar refractivity (Wildman–Crippen MR) is 103 cm³/mol. The van der Waals surface area contributed by atoms with E-state index in [1.165, 1.54) is 31.3 Å². The number of aliphatic hydroxyl groups is 1. The summed E-state index contributed by atoms with van der Waals surface area (Å²) in [4.78, 5) is 11.9. The topological polar surface area (TPSA) is 37.3 Å². The third-order valence-corrected chi connectivity index (χ3v) is 9.30. The van der Waals surface area contributed by atoms with Crippen molar-refractivity contribution in [2.24, 2.45) is 46.3 Å². The largest absolute Gasteiger partial charge is 0.392 e. The van der Waals surface area contributed by atoms with E-state index in [2.05, 4.69) is 32.1 Å². The van der Waals surface area contributed by atoms with Crippen molar-refractivity contribution in [3.63, 3.8) is 0 Å². The number of ketones is 1. The average Bonchev–Trinajstić information content (AvgIpc) is 3.41. The Labute approximate surface area is 157 Å². The van der Waals surface area contributed by atoms with Gasteiger partial charge in [0, 0.05) is 6.42 Å². The van der Waals surface area contributed by atoms with Crippen molar-refractivity contribution < 1.29 is 9.90 Å². The third-order valence-electron chi connectivity index (χ3n) is 9.30. The lowest BCUT2D eigenvalue weighted by Gasteiger charge is -2.57. The lowest BCUT2D eigenvalue weighted by molar-refractivity contribution is -0.115. The molecule has 2 heteroatoms.